The Labute approximate surface area is 122 Å². The van der Waals surface area contributed by atoms with E-state index in [2.05, 4.69) is 73.8 Å². The summed E-state index contributed by atoms with van der Waals surface area (Å²) in [4.78, 5) is 0. The summed E-state index contributed by atoms with van der Waals surface area (Å²) >= 11 is 0. The molecule has 0 amide bonds. The second kappa shape index (κ2) is 5.55. The van der Waals surface area contributed by atoms with Crippen molar-refractivity contribution in [3.63, 3.8) is 0 Å². The Morgan fingerprint density at radius 3 is 2.00 bits per heavy atom. The molecule has 0 N–H and O–H groups in total. The van der Waals surface area contributed by atoms with Crippen LogP contribution in [0.4, 0.5) is 0 Å². The molecule has 0 aromatic heterocycles. The van der Waals surface area contributed by atoms with Gasteiger partial charge in [-0.15, -0.1) is 0 Å². The van der Waals surface area contributed by atoms with Gasteiger partial charge in [0.2, 0.25) is 8.32 Å². The molecular weight excluding hydrogens is 260 g/mol. The van der Waals surface area contributed by atoms with Crippen LogP contribution in [0.3, 0.4) is 0 Å². The van der Waals surface area contributed by atoms with Crippen LogP contribution in [0.1, 0.15) is 24.5 Å². The molecule has 0 radical (unpaired) electrons. The van der Waals surface area contributed by atoms with Crippen LogP contribution >= 0.6 is 0 Å². The first-order chi connectivity index (χ1) is 9.67. The highest BCUT2D eigenvalue weighted by Crippen LogP contribution is 2.44. The normalized spacial score (nSPS) is 16.9. The highest BCUT2D eigenvalue weighted by molar-refractivity contribution is 6.84. The van der Waals surface area contributed by atoms with Gasteiger partial charge in [0.05, 0.1) is 6.10 Å². The molecular formula is C18H22OSi. The van der Waals surface area contributed by atoms with Crippen LogP contribution in [0.25, 0.3) is 0 Å². The maximum atomic E-state index is 6.67. The minimum atomic E-state index is -1.85. The third-order valence-electron chi connectivity index (χ3n) is 4.07. The highest BCUT2D eigenvalue weighted by Gasteiger charge is 2.38. The molecule has 3 rings (SSSR count). The molecule has 1 atom stereocenters. The van der Waals surface area contributed by atoms with Gasteiger partial charge in [-0.2, -0.15) is 0 Å². The van der Waals surface area contributed by atoms with E-state index in [1.807, 2.05) is 0 Å². The number of rotatable bonds is 5. The van der Waals surface area contributed by atoms with Crippen molar-refractivity contribution in [3.05, 3.63) is 66.2 Å². The highest BCUT2D eigenvalue weighted by atomic mass is 28.4. The van der Waals surface area contributed by atoms with Gasteiger partial charge in [0.15, 0.2) is 0 Å². The number of hydrogen-bond donors (Lipinski definition) is 0. The molecule has 1 aliphatic rings. The van der Waals surface area contributed by atoms with E-state index in [0.29, 0.717) is 5.92 Å². The van der Waals surface area contributed by atoms with Crippen molar-refractivity contribution < 1.29 is 4.43 Å². The van der Waals surface area contributed by atoms with Crippen molar-refractivity contribution in [1.29, 1.82) is 0 Å². The van der Waals surface area contributed by atoms with E-state index in [0.717, 1.165) is 0 Å². The molecule has 0 aliphatic heterocycles. The van der Waals surface area contributed by atoms with Crippen molar-refractivity contribution >= 4 is 13.5 Å². The number of hydrogen-bond acceptors (Lipinski definition) is 1. The zero-order chi connectivity index (χ0) is 14.0. The van der Waals surface area contributed by atoms with E-state index in [1.165, 1.54) is 23.6 Å². The van der Waals surface area contributed by atoms with Crippen LogP contribution in [0.2, 0.25) is 13.1 Å². The van der Waals surface area contributed by atoms with Crippen LogP contribution in [-0.2, 0) is 4.43 Å². The van der Waals surface area contributed by atoms with Gasteiger partial charge in [-0.3, -0.25) is 0 Å². The van der Waals surface area contributed by atoms with Gasteiger partial charge in [0, 0.05) is 0 Å². The first-order valence-corrected chi connectivity index (χ1v) is 10.4. The van der Waals surface area contributed by atoms with E-state index in [-0.39, 0.29) is 6.10 Å². The molecule has 0 spiro atoms. The SMILES string of the molecule is C[Si](C)(OC(c1ccccc1)C1CC1)c1ccccc1. The second-order valence-corrected chi connectivity index (χ2v) is 10.00. The topological polar surface area (TPSA) is 9.23 Å². The zero-order valence-corrected chi connectivity index (χ0v) is 13.3. The molecule has 2 heteroatoms. The van der Waals surface area contributed by atoms with Gasteiger partial charge in [0.1, 0.15) is 0 Å². The molecule has 1 aliphatic carbocycles. The Morgan fingerprint density at radius 2 is 1.45 bits per heavy atom. The standard InChI is InChI=1S/C18H22OSi/c1-20(2,17-11-7-4-8-12-17)19-18(16-13-14-16)15-9-5-3-6-10-15/h3-12,16,18H,13-14H2,1-2H3. The molecule has 0 bridgehead atoms. The van der Waals surface area contributed by atoms with Gasteiger partial charge in [0.25, 0.3) is 0 Å². The maximum Gasteiger partial charge on any atom is 0.219 e. The summed E-state index contributed by atoms with van der Waals surface area (Å²) in [5, 5.41) is 1.38. The van der Waals surface area contributed by atoms with E-state index < -0.39 is 8.32 Å². The molecule has 1 saturated carbocycles. The monoisotopic (exact) mass is 282 g/mol. The van der Waals surface area contributed by atoms with Gasteiger partial charge < -0.3 is 4.43 Å². The van der Waals surface area contributed by atoms with Gasteiger partial charge >= 0.3 is 0 Å². The molecule has 0 heterocycles. The van der Waals surface area contributed by atoms with Crippen molar-refractivity contribution in [3.8, 4) is 0 Å². The minimum Gasteiger partial charge on any atom is -0.406 e. The summed E-state index contributed by atoms with van der Waals surface area (Å²) in [6.45, 7) is 4.61. The predicted octanol–water partition coefficient (Wildman–Crippen LogP) is 4.27. The van der Waals surface area contributed by atoms with Gasteiger partial charge in [-0.1, -0.05) is 60.7 Å². The fourth-order valence-corrected chi connectivity index (χ4v) is 4.80. The lowest BCUT2D eigenvalue weighted by atomic mass is 10.1. The molecule has 0 saturated heterocycles. The fraction of sp³-hybridized carbons (Fsp3) is 0.333. The average molecular weight is 282 g/mol. The lowest BCUT2D eigenvalue weighted by Crippen LogP contribution is -2.45. The van der Waals surface area contributed by atoms with Gasteiger partial charge in [-0.05, 0) is 42.6 Å². The maximum absolute atomic E-state index is 6.67. The summed E-state index contributed by atoms with van der Waals surface area (Å²) in [6.07, 6.45) is 2.88. The molecule has 1 unspecified atom stereocenters. The lowest BCUT2D eigenvalue weighted by molar-refractivity contribution is 0.176. The number of benzene rings is 2. The fourth-order valence-electron chi connectivity index (χ4n) is 2.70. The van der Waals surface area contributed by atoms with Crippen LogP contribution in [-0.4, -0.2) is 8.32 Å². The van der Waals surface area contributed by atoms with Crippen molar-refractivity contribution in [2.45, 2.75) is 32.0 Å². The van der Waals surface area contributed by atoms with Crippen molar-refractivity contribution in [2.24, 2.45) is 5.92 Å². The summed E-state index contributed by atoms with van der Waals surface area (Å²) in [7, 11) is -1.85. The quantitative estimate of drug-likeness (QED) is 0.744. The summed E-state index contributed by atoms with van der Waals surface area (Å²) in [5.74, 6) is 0.716. The van der Waals surface area contributed by atoms with Crippen LogP contribution in [0, 0.1) is 5.92 Å². The Balaban J connectivity index is 1.83. The zero-order valence-electron chi connectivity index (χ0n) is 12.3. The van der Waals surface area contributed by atoms with Gasteiger partial charge in [-0.25, -0.2) is 0 Å². The Kier molecular flexibility index (Phi) is 3.77. The second-order valence-electron chi connectivity index (χ2n) is 6.16. The summed E-state index contributed by atoms with van der Waals surface area (Å²) in [6, 6.07) is 21.4. The first kappa shape index (κ1) is 13.6. The Morgan fingerprint density at radius 1 is 0.900 bits per heavy atom. The van der Waals surface area contributed by atoms with E-state index >= 15 is 0 Å². The molecule has 104 valence electrons. The molecule has 1 nitrogen and oxygen atoms in total. The van der Waals surface area contributed by atoms with Crippen molar-refractivity contribution in [2.75, 3.05) is 0 Å². The van der Waals surface area contributed by atoms with Crippen LogP contribution < -0.4 is 5.19 Å². The molecule has 20 heavy (non-hydrogen) atoms. The van der Waals surface area contributed by atoms with E-state index in [4.69, 9.17) is 4.43 Å². The summed E-state index contributed by atoms with van der Waals surface area (Å²) in [5.41, 5.74) is 1.34. The largest absolute Gasteiger partial charge is 0.406 e. The first-order valence-electron chi connectivity index (χ1n) is 7.45. The third kappa shape index (κ3) is 3.02. The lowest BCUT2D eigenvalue weighted by Gasteiger charge is -2.30. The van der Waals surface area contributed by atoms with Crippen molar-refractivity contribution in [1.82, 2.24) is 0 Å². The van der Waals surface area contributed by atoms with E-state index in [1.54, 1.807) is 0 Å². The predicted molar refractivity (Wildman–Crippen MR) is 86.6 cm³/mol. The molecule has 2 aromatic rings. The Bertz CT molecular complexity index is 546. The Hall–Kier alpha value is -1.38. The third-order valence-corrected chi connectivity index (χ3v) is 6.64. The smallest absolute Gasteiger partial charge is 0.219 e. The van der Waals surface area contributed by atoms with Crippen LogP contribution in [0.5, 0.6) is 0 Å². The van der Waals surface area contributed by atoms with E-state index in [9.17, 15) is 0 Å². The molecule has 2 aromatic carbocycles. The van der Waals surface area contributed by atoms with Crippen LogP contribution in [0.15, 0.2) is 60.7 Å². The minimum absolute atomic E-state index is 0.276. The molecule has 1 fully saturated rings. The summed E-state index contributed by atoms with van der Waals surface area (Å²) < 4.78 is 6.67. The average Bonchev–Trinajstić information content (AvgIpc) is 3.31.